The lowest BCUT2D eigenvalue weighted by atomic mass is 10.2. The Kier molecular flexibility index (Phi) is 6.25. The Labute approximate surface area is 163 Å². The molecule has 0 bridgehead atoms. The molecular weight excluding hydrogens is 356 g/mol. The summed E-state index contributed by atoms with van der Waals surface area (Å²) in [6.07, 6.45) is 1.54. The maximum atomic E-state index is 12.1. The van der Waals surface area contributed by atoms with Crippen LogP contribution in [0.15, 0.2) is 77.9 Å². The van der Waals surface area contributed by atoms with Crippen LogP contribution >= 0.6 is 0 Å². The second kappa shape index (κ2) is 9.23. The minimum Gasteiger partial charge on any atom is -0.504 e. The van der Waals surface area contributed by atoms with Gasteiger partial charge in [0.15, 0.2) is 11.5 Å². The molecule has 0 heterocycles. The lowest BCUT2D eigenvalue weighted by Crippen LogP contribution is -2.17. The summed E-state index contributed by atoms with van der Waals surface area (Å²) in [4.78, 5) is 12.1. The average molecular weight is 376 g/mol. The zero-order valence-corrected chi connectivity index (χ0v) is 15.3. The van der Waals surface area contributed by atoms with E-state index in [9.17, 15) is 9.90 Å². The van der Waals surface area contributed by atoms with Crippen molar-refractivity contribution in [2.45, 2.75) is 6.61 Å². The van der Waals surface area contributed by atoms with Crippen LogP contribution in [0.3, 0.4) is 0 Å². The number of aromatic hydroxyl groups is 1. The molecule has 28 heavy (non-hydrogen) atoms. The number of nitrogens with one attached hydrogen (secondary N) is 1. The van der Waals surface area contributed by atoms with E-state index >= 15 is 0 Å². The first-order valence-electron chi connectivity index (χ1n) is 8.63. The van der Waals surface area contributed by atoms with Crippen LogP contribution in [0.25, 0.3) is 0 Å². The van der Waals surface area contributed by atoms with Gasteiger partial charge in [0.1, 0.15) is 12.4 Å². The standard InChI is InChI=1S/C22H20N2O4/c1-27-21-13-18(9-12-20(21)25)22(26)24-23-14-16-7-10-19(11-8-16)28-15-17-5-3-2-4-6-17/h2-14,25H,15H2,1H3,(H,24,26)/b23-14+. The molecule has 0 spiro atoms. The second-order valence-electron chi connectivity index (χ2n) is 5.93. The van der Waals surface area contributed by atoms with E-state index in [0.29, 0.717) is 12.2 Å². The number of phenolic OH excluding ortho intramolecular Hbond substituents is 1. The molecule has 0 saturated carbocycles. The zero-order valence-electron chi connectivity index (χ0n) is 15.3. The Balaban J connectivity index is 1.53. The predicted molar refractivity (Wildman–Crippen MR) is 107 cm³/mol. The van der Waals surface area contributed by atoms with E-state index in [1.807, 2.05) is 54.6 Å². The largest absolute Gasteiger partial charge is 0.504 e. The maximum Gasteiger partial charge on any atom is 0.271 e. The Morgan fingerprint density at radius 1 is 1.07 bits per heavy atom. The van der Waals surface area contributed by atoms with Crippen molar-refractivity contribution in [3.05, 3.63) is 89.5 Å². The number of rotatable bonds is 7. The van der Waals surface area contributed by atoms with Crippen molar-refractivity contribution in [3.8, 4) is 17.2 Å². The predicted octanol–water partition coefficient (Wildman–Crippen LogP) is 3.74. The molecule has 0 fully saturated rings. The summed E-state index contributed by atoms with van der Waals surface area (Å²) in [5.41, 5.74) is 4.69. The summed E-state index contributed by atoms with van der Waals surface area (Å²) in [5.74, 6) is 0.540. The van der Waals surface area contributed by atoms with E-state index in [4.69, 9.17) is 9.47 Å². The number of amides is 1. The average Bonchev–Trinajstić information content (AvgIpc) is 2.74. The number of phenols is 1. The van der Waals surface area contributed by atoms with Crippen molar-refractivity contribution in [1.82, 2.24) is 5.43 Å². The van der Waals surface area contributed by atoms with E-state index < -0.39 is 5.91 Å². The summed E-state index contributed by atoms with van der Waals surface area (Å²) >= 11 is 0. The van der Waals surface area contributed by atoms with Crippen molar-refractivity contribution in [3.63, 3.8) is 0 Å². The number of carbonyl (C=O) groups is 1. The van der Waals surface area contributed by atoms with Gasteiger partial charge in [0.2, 0.25) is 0 Å². The Morgan fingerprint density at radius 2 is 1.82 bits per heavy atom. The highest BCUT2D eigenvalue weighted by molar-refractivity contribution is 5.95. The Bertz CT molecular complexity index is 954. The van der Waals surface area contributed by atoms with Gasteiger partial charge in [0.05, 0.1) is 13.3 Å². The van der Waals surface area contributed by atoms with Gasteiger partial charge in [-0.25, -0.2) is 5.43 Å². The van der Waals surface area contributed by atoms with Crippen molar-refractivity contribution in [1.29, 1.82) is 0 Å². The molecule has 0 radical (unpaired) electrons. The molecule has 2 N–H and O–H groups in total. The molecule has 0 aliphatic heterocycles. The van der Waals surface area contributed by atoms with Crippen molar-refractivity contribution < 1.29 is 19.4 Å². The molecule has 3 aromatic rings. The number of benzene rings is 3. The van der Waals surface area contributed by atoms with E-state index in [0.717, 1.165) is 16.9 Å². The third kappa shape index (κ3) is 5.11. The van der Waals surface area contributed by atoms with Gasteiger partial charge in [0.25, 0.3) is 5.91 Å². The van der Waals surface area contributed by atoms with Crippen molar-refractivity contribution in [2.24, 2.45) is 5.10 Å². The van der Waals surface area contributed by atoms with Crippen LogP contribution in [0, 0.1) is 0 Å². The first-order valence-corrected chi connectivity index (χ1v) is 8.63. The molecule has 0 atom stereocenters. The van der Waals surface area contributed by atoms with Crippen LogP contribution in [0.5, 0.6) is 17.2 Å². The second-order valence-corrected chi connectivity index (χ2v) is 5.93. The summed E-state index contributed by atoms with van der Waals surface area (Å²) in [7, 11) is 1.42. The monoisotopic (exact) mass is 376 g/mol. The highest BCUT2D eigenvalue weighted by Gasteiger charge is 2.08. The fourth-order valence-electron chi connectivity index (χ4n) is 2.44. The molecular formula is C22H20N2O4. The molecule has 1 amide bonds. The van der Waals surface area contributed by atoms with E-state index in [1.54, 1.807) is 0 Å². The highest BCUT2D eigenvalue weighted by atomic mass is 16.5. The lowest BCUT2D eigenvalue weighted by Gasteiger charge is -2.06. The van der Waals surface area contributed by atoms with Crippen LogP contribution in [0.2, 0.25) is 0 Å². The minimum absolute atomic E-state index is 0.0304. The number of ether oxygens (including phenoxy) is 2. The Morgan fingerprint density at radius 3 is 2.54 bits per heavy atom. The molecule has 0 aliphatic carbocycles. The molecule has 6 heteroatoms. The molecule has 6 nitrogen and oxygen atoms in total. The molecule has 142 valence electrons. The quantitative estimate of drug-likeness (QED) is 0.486. The van der Waals surface area contributed by atoms with Gasteiger partial charge in [-0.15, -0.1) is 0 Å². The van der Waals surface area contributed by atoms with Gasteiger partial charge < -0.3 is 14.6 Å². The van der Waals surface area contributed by atoms with Crippen LogP contribution < -0.4 is 14.9 Å². The number of nitrogens with zero attached hydrogens (tertiary/aromatic N) is 1. The highest BCUT2D eigenvalue weighted by Crippen LogP contribution is 2.26. The molecule has 3 aromatic carbocycles. The van der Waals surface area contributed by atoms with Gasteiger partial charge in [-0.2, -0.15) is 5.10 Å². The van der Waals surface area contributed by atoms with Gasteiger partial charge in [-0.1, -0.05) is 30.3 Å². The molecule has 0 aromatic heterocycles. The first kappa shape index (κ1) is 19.0. The third-order valence-electron chi connectivity index (χ3n) is 3.95. The number of hydrazone groups is 1. The van der Waals surface area contributed by atoms with E-state index in [-0.39, 0.29) is 11.5 Å². The fraction of sp³-hybridized carbons (Fsp3) is 0.0909. The molecule has 0 aliphatic rings. The van der Waals surface area contributed by atoms with Crippen LogP contribution in [-0.4, -0.2) is 24.3 Å². The third-order valence-corrected chi connectivity index (χ3v) is 3.95. The van der Waals surface area contributed by atoms with Gasteiger partial charge >= 0.3 is 0 Å². The molecule has 0 saturated heterocycles. The van der Waals surface area contributed by atoms with E-state index in [2.05, 4.69) is 10.5 Å². The SMILES string of the molecule is COc1cc(C(=O)N/N=C/c2ccc(OCc3ccccc3)cc2)ccc1O. The summed E-state index contributed by atoms with van der Waals surface area (Å²) in [6, 6.07) is 21.6. The van der Waals surface area contributed by atoms with Crippen molar-refractivity contribution >= 4 is 12.1 Å². The minimum atomic E-state index is -0.405. The topological polar surface area (TPSA) is 80.2 Å². The molecule has 3 rings (SSSR count). The first-order chi connectivity index (χ1) is 13.7. The van der Waals surface area contributed by atoms with Gasteiger partial charge in [-0.05, 0) is 53.6 Å². The molecule has 0 unspecified atom stereocenters. The van der Waals surface area contributed by atoms with Crippen molar-refractivity contribution in [2.75, 3.05) is 7.11 Å². The van der Waals surface area contributed by atoms with Gasteiger partial charge in [0, 0.05) is 5.56 Å². The van der Waals surface area contributed by atoms with Crippen LogP contribution in [0.1, 0.15) is 21.5 Å². The van der Waals surface area contributed by atoms with Crippen LogP contribution in [0.4, 0.5) is 0 Å². The Hall–Kier alpha value is -3.80. The smallest absolute Gasteiger partial charge is 0.271 e. The zero-order chi connectivity index (χ0) is 19.8. The normalized spacial score (nSPS) is 10.6. The number of hydrogen-bond acceptors (Lipinski definition) is 5. The van der Waals surface area contributed by atoms with Gasteiger partial charge in [-0.3, -0.25) is 4.79 Å². The maximum absolute atomic E-state index is 12.1. The summed E-state index contributed by atoms with van der Waals surface area (Å²) < 4.78 is 10.7. The number of carbonyl (C=O) groups excluding carboxylic acids is 1. The lowest BCUT2D eigenvalue weighted by molar-refractivity contribution is 0.0954. The fourth-order valence-corrected chi connectivity index (χ4v) is 2.44. The van der Waals surface area contributed by atoms with E-state index in [1.165, 1.54) is 31.5 Å². The summed E-state index contributed by atoms with van der Waals surface area (Å²) in [5, 5.41) is 13.5. The number of hydrogen-bond donors (Lipinski definition) is 2. The number of methoxy groups -OCH3 is 1. The van der Waals surface area contributed by atoms with Crippen LogP contribution in [-0.2, 0) is 6.61 Å². The summed E-state index contributed by atoms with van der Waals surface area (Å²) in [6.45, 7) is 0.500.